The molecule has 0 aliphatic rings. The van der Waals surface area contributed by atoms with Gasteiger partial charge in [0.25, 0.3) is 11.6 Å². The van der Waals surface area contributed by atoms with Crippen LogP contribution in [0.25, 0.3) is 6.08 Å². The number of Topliss-reactive ketones (excluding diaryl/α,β-unsaturated/α-hetero) is 2. The van der Waals surface area contributed by atoms with Gasteiger partial charge in [-0.2, -0.15) is 0 Å². The van der Waals surface area contributed by atoms with Gasteiger partial charge in [-0.1, -0.05) is 30.3 Å². The number of ether oxygens (including phenoxy) is 3. The third-order valence-corrected chi connectivity index (χ3v) is 2.94. The van der Waals surface area contributed by atoms with Crippen LogP contribution in [0, 0.1) is 0 Å². The SMILES string of the molecule is COC(=Cc1ccccc1)C(=O)C(=O)C(C)(OC)OC. The maximum atomic E-state index is 12.1. The van der Waals surface area contributed by atoms with Gasteiger partial charge in [-0.3, -0.25) is 9.59 Å². The minimum absolute atomic E-state index is 0.0680. The van der Waals surface area contributed by atoms with Gasteiger partial charge in [-0.05, 0) is 18.6 Å². The Hall–Kier alpha value is -1.98. The number of benzene rings is 1. The first-order chi connectivity index (χ1) is 9.48. The summed E-state index contributed by atoms with van der Waals surface area (Å²) < 4.78 is 14.9. The van der Waals surface area contributed by atoms with Gasteiger partial charge in [0.1, 0.15) is 0 Å². The van der Waals surface area contributed by atoms with Crippen molar-refractivity contribution in [2.45, 2.75) is 12.7 Å². The van der Waals surface area contributed by atoms with Crippen LogP contribution in [-0.2, 0) is 23.8 Å². The molecule has 108 valence electrons. The minimum Gasteiger partial charge on any atom is -0.492 e. The van der Waals surface area contributed by atoms with Crippen LogP contribution in [0.1, 0.15) is 12.5 Å². The van der Waals surface area contributed by atoms with Crippen molar-refractivity contribution >= 4 is 17.6 Å². The molecular weight excluding hydrogens is 260 g/mol. The second-order valence-corrected chi connectivity index (χ2v) is 4.14. The summed E-state index contributed by atoms with van der Waals surface area (Å²) in [5, 5.41) is 0. The molecule has 0 aliphatic heterocycles. The Bertz CT molecular complexity index is 500. The van der Waals surface area contributed by atoms with Gasteiger partial charge in [-0.25, -0.2) is 0 Å². The summed E-state index contributed by atoms with van der Waals surface area (Å²) in [6.45, 7) is 1.38. The number of hydrogen-bond acceptors (Lipinski definition) is 5. The molecule has 0 amide bonds. The second kappa shape index (κ2) is 6.98. The van der Waals surface area contributed by atoms with Crippen molar-refractivity contribution in [1.82, 2.24) is 0 Å². The number of ketones is 2. The molecule has 0 N–H and O–H groups in total. The molecule has 0 saturated heterocycles. The summed E-state index contributed by atoms with van der Waals surface area (Å²) >= 11 is 0. The van der Waals surface area contributed by atoms with Crippen LogP contribution in [0.3, 0.4) is 0 Å². The third kappa shape index (κ3) is 3.53. The fourth-order valence-electron chi connectivity index (χ4n) is 1.50. The lowest BCUT2D eigenvalue weighted by Crippen LogP contribution is -2.44. The monoisotopic (exact) mass is 278 g/mol. The molecule has 0 atom stereocenters. The topological polar surface area (TPSA) is 61.8 Å². The van der Waals surface area contributed by atoms with Crippen molar-refractivity contribution in [3.63, 3.8) is 0 Å². The van der Waals surface area contributed by atoms with Crippen LogP contribution < -0.4 is 0 Å². The molecule has 0 aromatic heterocycles. The van der Waals surface area contributed by atoms with Crippen LogP contribution in [-0.4, -0.2) is 38.7 Å². The van der Waals surface area contributed by atoms with E-state index in [4.69, 9.17) is 14.2 Å². The van der Waals surface area contributed by atoms with Crippen molar-refractivity contribution < 1.29 is 23.8 Å². The first kappa shape index (κ1) is 16.1. The predicted molar refractivity (Wildman–Crippen MR) is 73.9 cm³/mol. The van der Waals surface area contributed by atoms with E-state index < -0.39 is 17.4 Å². The zero-order valence-corrected chi connectivity index (χ0v) is 12.0. The summed E-state index contributed by atoms with van der Waals surface area (Å²) in [5.41, 5.74) is 0.752. The largest absolute Gasteiger partial charge is 0.492 e. The number of hydrogen-bond donors (Lipinski definition) is 0. The highest BCUT2D eigenvalue weighted by Crippen LogP contribution is 2.16. The van der Waals surface area contributed by atoms with Crippen molar-refractivity contribution in [3.8, 4) is 0 Å². The van der Waals surface area contributed by atoms with Gasteiger partial charge < -0.3 is 14.2 Å². The van der Waals surface area contributed by atoms with Crippen molar-refractivity contribution in [3.05, 3.63) is 41.7 Å². The molecule has 1 aromatic rings. The fraction of sp³-hybridized carbons (Fsp3) is 0.333. The van der Waals surface area contributed by atoms with Crippen molar-refractivity contribution in [1.29, 1.82) is 0 Å². The van der Waals surface area contributed by atoms with Gasteiger partial charge in [-0.15, -0.1) is 0 Å². The standard InChI is InChI=1S/C15H18O5/c1-15(19-3,20-4)14(17)13(16)12(18-2)10-11-8-6-5-7-9-11/h5-10H,1-4H3. The fourth-order valence-corrected chi connectivity index (χ4v) is 1.50. The van der Waals surface area contributed by atoms with Gasteiger partial charge in [0, 0.05) is 14.2 Å². The smallest absolute Gasteiger partial charge is 0.268 e. The molecular formula is C15H18O5. The molecule has 0 fully saturated rings. The van der Waals surface area contributed by atoms with Crippen molar-refractivity contribution in [2.24, 2.45) is 0 Å². The van der Waals surface area contributed by atoms with Gasteiger partial charge in [0.05, 0.1) is 7.11 Å². The number of carbonyl (C=O) groups is 2. The van der Waals surface area contributed by atoms with Gasteiger partial charge in [0.15, 0.2) is 5.76 Å². The Morgan fingerprint density at radius 2 is 1.60 bits per heavy atom. The number of rotatable bonds is 7. The molecule has 0 heterocycles. The molecule has 0 aliphatic carbocycles. The summed E-state index contributed by atoms with van der Waals surface area (Å²) in [4.78, 5) is 24.2. The van der Waals surface area contributed by atoms with E-state index in [1.54, 1.807) is 12.1 Å². The highest BCUT2D eigenvalue weighted by Gasteiger charge is 2.39. The lowest BCUT2D eigenvalue weighted by atomic mass is 10.1. The van der Waals surface area contributed by atoms with E-state index >= 15 is 0 Å². The van der Waals surface area contributed by atoms with E-state index in [1.807, 2.05) is 18.2 Å². The summed E-state index contributed by atoms with van der Waals surface area (Å²) in [5.74, 6) is -3.32. The second-order valence-electron chi connectivity index (χ2n) is 4.14. The van der Waals surface area contributed by atoms with Crippen LogP contribution in [0.4, 0.5) is 0 Å². The number of carbonyl (C=O) groups excluding carboxylic acids is 2. The lowest BCUT2D eigenvalue weighted by Gasteiger charge is -2.23. The Morgan fingerprint density at radius 3 is 2.05 bits per heavy atom. The van der Waals surface area contributed by atoms with Crippen LogP contribution in [0.15, 0.2) is 36.1 Å². The van der Waals surface area contributed by atoms with Gasteiger partial charge in [0.2, 0.25) is 5.79 Å². The molecule has 0 bridgehead atoms. The van der Waals surface area contributed by atoms with E-state index in [0.717, 1.165) is 5.56 Å². The quantitative estimate of drug-likeness (QED) is 0.329. The first-order valence-electron chi connectivity index (χ1n) is 5.98. The minimum atomic E-state index is -1.62. The maximum Gasteiger partial charge on any atom is 0.268 e. The van der Waals surface area contributed by atoms with E-state index in [0.29, 0.717) is 0 Å². The molecule has 0 unspecified atom stereocenters. The van der Waals surface area contributed by atoms with Crippen LogP contribution in [0.2, 0.25) is 0 Å². The summed E-state index contributed by atoms with van der Waals surface area (Å²) in [6.07, 6.45) is 1.49. The molecule has 0 saturated carbocycles. The van der Waals surface area contributed by atoms with Crippen molar-refractivity contribution in [2.75, 3.05) is 21.3 Å². The van der Waals surface area contributed by atoms with E-state index in [2.05, 4.69) is 0 Å². The zero-order chi connectivity index (χ0) is 15.2. The normalized spacial score (nSPS) is 12.1. The molecule has 0 radical (unpaired) electrons. The molecule has 20 heavy (non-hydrogen) atoms. The predicted octanol–water partition coefficient (Wildman–Crippen LogP) is 1.82. The number of methoxy groups -OCH3 is 3. The molecule has 5 heteroatoms. The van der Waals surface area contributed by atoms with E-state index in [-0.39, 0.29) is 5.76 Å². The van der Waals surface area contributed by atoms with Crippen LogP contribution >= 0.6 is 0 Å². The summed E-state index contributed by atoms with van der Waals surface area (Å²) in [6, 6.07) is 9.08. The highest BCUT2D eigenvalue weighted by molar-refractivity contribution is 6.45. The average Bonchev–Trinajstić information content (AvgIpc) is 2.51. The van der Waals surface area contributed by atoms with E-state index in [1.165, 1.54) is 34.3 Å². The van der Waals surface area contributed by atoms with E-state index in [9.17, 15) is 9.59 Å². The Morgan fingerprint density at radius 1 is 1.05 bits per heavy atom. The Balaban J connectivity index is 3.05. The molecule has 0 spiro atoms. The Labute approximate surface area is 118 Å². The maximum absolute atomic E-state index is 12.1. The average molecular weight is 278 g/mol. The molecule has 1 rings (SSSR count). The zero-order valence-electron chi connectivity index (χ0n) is 12.0. The number of allylic oxidation sites excluding steroid dienone is 1. The Kier molecular flexibility index (Phi) is 5.61. The van der Waals surface area contributed by atoms with Gasteiger partial charge >= 0.3 is 0 Å². The van der Waals surface area contributed by atoms with Crippen LogP contribution in [0.5, 0.6) is 0 Å². The molecule has 5 nitrogen and oxygen atoms in total. The highest BCUT2D eigenvalue weighted by atomic mass is 16.7. The first-order valence-corrected chi connectivity index (χ1v) is 5.98. The summed E-state index contributed by atoms with van der Waals surface area (Å²) in [7, 11) is 3.92. The lowest BCUT2D eigenvalue weighted by molar-refractivity contribution is -0.198. The molecule has 1 aromatic carbocycles. The third-order valence-electron chi connectivity index (χ3n) is 2.94.